The summed E-state index contributed by atoms with van der Waals surface area (Å²) in [5, 5.41) is 21.3. The summed E-state index contributed by atoms with van der Waals surface area (Å²) < 4.78 is 0. The smallest absolute Gasteiger partial charge is 0.254 e. The third-order valence-corrected chi connectivity index (χ3v) is 3.93. The lowest BCUT2D eigenvalue weighted by molar-refractivity contribution is 0.0712. The molecule has 4 N–H and O–H groups in total. The van der Waals surface area contributed by atoms with Gasteiger partial charge in [0.2, 0.25) is 0 Å². The summed E-state index contributed by atoms with van der Waals surface area (Å²) in [6.45, 7) is 1.86. The van der Waals surface area contributed by atoms with Crippen LogP contribution in [0.2, 0.25) is 0 Å². The average Bonchev–Trinajstić information content (AvgIpc) is 3.00. The van der Waals surface area contributed by atoms with Crippen LogP contribution in [0, 0.1) is 6.92 Å². The van der Waals surface area contributed by atoms with Crippen molar-refractivity contribution in [3.05, 3.63) is 29.3 Å². The fourth-order valence-electron chi connectivity index (χ4n) is 2.74. The van der Waals surface area contributed by atoms with Gasteiger partial charge in [0.15, 0.2) is 5.84 Å². The molecule has 6 nitrogen and oxygen atoms in total. The molecule has 0 aliphatic heterocycles. The van der Waals surface area contributed by atoms with Gasteiger partial charge in [-0.3, -0.25) is 4.79 Å². The Morgan fingerprint density at radius 3 is 2.67 bits per heavy atom. The molecule has 1 aliphatic carbocycles. The number of nitrogens with zero attached hydrogens (tertiary/aromatic N) is 2. The van der Waals surface area contributed by atoms with Crippen molar-refractivity contribution in [2.75, 3.05) is 6.54 Å². The van der Waals surface area contributed by atoms with Crippen molar-refractivity contribution in [1.82, 2.24) is 4.90 Å². The van der Waals surface area contributed by atoms with E-state index in [1.165, 1.54) is 6.07 Å². The number of oxime groups is 1. The molecular formula is C15H21N3O3. The van der Waals surface area contributed by atoms with Crippen LogP contribution in [0.5, 0.6) is 5.75 Å². The van der Waals surface area contributed by atoms with E-state index >= 15 is 0 Å². The molecule has 21 heavy (non-hydrogen) atoms. The minimum Gasteiger partial charge on any atom is -0.508 e. The molecule has 0 spiro atoms. The van der Waals surface area contributed by atoms with Gasteiger partial charge in [0.25, 0.3) is 5.91 Å². The van der Waals surface area contributed by atoms with Gasteiger partial charge in [-0.2, -0.15) is 0 Å². The van der Waals surface area contributed by atoms with Gasteiger partial charge in [-0.15, -0.1) is 0 Å². The van der Waals surface area contributed by atoms with Crippen LogP contribution in [0.3, 0.4) is 0 Å². The van der Waals surface area contributed by atoms with Crippen molar-refractivity contribution in [2.45, 2.75) is 38.6 Å². The number of nitrogens with two attached hydrogens (primary N) is 1. The normalized spacial score (nSPS) is 16.1. The first kappa shape index (κ1) is 15.2. The highest BCUT2D eigenvalue weighted by Gasteiger charge is 2.28. The summed E-state index contributed by atoms with van der Waals surface area (Å²) in [5.41, 5.74) is 6.73. The molecule has 0 saturated heterocycles. The number of rotatable bonds is 4. The molecule has 1 aromatic carbocycles. The summed E-state index contributed by atoms with van der Waals surface area (Å²) in [5.74, 6) is 0.0257. The van der Waals surface area contributed by atoms with Crippen molar-refractivity contribution in [3.63, 3.8) is 0 Å². The van der Waals surface area contributed by atoms with Crippen LogP contribution in [0.25, 0.3) is 0 Å². The first-order valence-electron chi connectivity index (χ1n) is 7.10. The zero-order chi connectivity index (χ0) is 15.4. The molecule has 1 saturated carbocycles. The first-order valence-corrected chi connectivity index (χ1v) is 7.10. The third kappa shape index (κ3) is 3.45. The second-order valence-electron chi connectivity index (χ2n) is 5.46. The van der Waals surface area contributed by atoms with Crippen molar-refractivity contribution in [2.24, 2.45) is 10.9 Å². The van der Waals surface area contributed by atoms with Gasteiger partial charge in [0.05, 0.1) is 6.54 Å². The van der Waals surface area contributed by atoms with Crippen LogP contribution in [0.15, 0.2) is 23.4 Å². The van der Waals surface area contributed by atoms with Gasteiger partial charge < -0.3 is 20.9 Å². The largest absolute Gasteiger partial charge is 0.508 e. The molecule has 114 valence electrons. The number of carbonyl (C=O) groups is 1. The monoisotopic (exact) mass is 291 g/mol. The van der Waals surface area contributed by atoms with E-state index in [0.29, 0.717) is 11.1 Å². The van der Waals surface area contributed by atoms with E-state index < -0.39 is 0 Å². The zero-order valence-corrected chi connectivity index (χ0v) is 12.1. The van der Waals surface area contributed by atoms with Gasteiger partial charge in [-0.1, -0.05) is 18.0 Å². The van der Waals surface area contributed by atoms with Gasteiger partial charge >= 0.3 is 0 Å². The Bertz CT molecular complexity index is 551. The topological polar surface area (TPSA) is 99.2 Å². The molecule has 0 atom stereocenters. The molecule has 0 radical (unpaired) electrons. The van der Waals surface area contributed by atoms with Crippen LogP contribution >= 0.6 is 0 Å². The summed E-state index contributed by atoms with van der Waals surface area (Å²) >= 11 is 0. The van der Waals surface area contributed by atoms with Gasteiger partial charge in [0.1, 0.15) is 5.75 Å². The van der Waals surface area contributed by atoms with Crippen LogP contribution in [-0.2, 0) is 0 Å². The molecule has 0 bridgehead atoms. The second-order valence-corrected chi connectivity index (χ2v) is 5.46. The predicted octanol–water partition coefficient (Wildman–Crippen LogP) is 1.83. The Labute approximate surface area is 123 Å². The lowest BCUT2D eigenvalue weighted by Crippen LogP contribution is -2.44. The number of hydrogen-bond acceptors (Lipinski definition) is 4. The van der Waals surface area contributed by atoms with Gasteiger partial charge in [-0.05, 0) is 43.5 Å². The molecule has 0 aromatic heterocycles. The lowest BCUT2D eigenvalue weighted by Gasteiger charge is -2.28. The van der Waals surface area contributed by atoms with Crippen molar-refractivity contribution >= 4 is 11.7 Å². The summed E-state index contributed by atoms with van der Waals surface area (Å²) in [6, 6.07) is 4.89. The maximum Gasteiger partial charge on any atom is 0.254 e. The predicted molar refractivity (Wildman–Crippen MR) is 79.5 cm³/mol. The Morgan fingerprint density at radius 1 is 1.43 bits per heavy atom. The standard InChI is InChI=1S/C15H21N3O3/c1-10-8-11(6-7-13(10)19)15(20)18(9-14(16)17-21)12-4-2-3-5-12/h6-8,12,19,21H,2-5,9H2,1H3,(H2,16,17). The van der Waals surface area contributed by atoms with Crippen LogP contribution in [-0.4, -0.2) is 39.5 Å². The number of amides is 1. The van der Waals surface area contributed by atoms with E-state index in [9.17, 15) is 9.90 Å². The highest BCUT2D eigenvalue weighted by atomic mass is 16.4. The SMILES string of the molecule is Cc1cc(C(=O)N(C/C(N)=N/O)C2CCCC2)ccc1O. The second kappa shape index (κ2) is 6.47. The Morgan fingerprint density at radius 2 is 2.10 bits per heavy atom. The highest BCUT2D eigenvalue weighted by Crippen LogP contribution is 2.26. The molecule has 0 heterocycles. The van der Waals surface area contributed by atoms with Crippen molar-refractivity contribution in [1.29, 1.82) is 0 Å². The number of amidine groups is 1. The first-order chi connectivity index (χ1) is 10.0. The molecule has 1 fully saturated rings. The zero-order valence-electron chi connectivity index (χ0n) is 12.1. The van der Waals surface area contributed by atoms with E-state index in [2.05, 4.69) is 5.16 Å². The minimum atomic E-state index is -0.156. The minimum absolute atomic E-state index is 0.0192. The van der Waals surface area contributed by atoms with E-state index in [1.807, 2.05) is 0 Å². The average molecular weight is 291 g/mol. The van der Waals surface area contributed by atoms with E-state index in [-0.39, 0.29) is 30.1 Å². The Balaban J connectivity index is 2.25. The number of phenols is 1. The fraction of sp³-hybridized carbons (Fsp3) is 0.467. The lowest BCUT2D eigenvalue weighted by atomic mass is 10.1. The van der Waals surface area contributed by atoms with Crippen molar-refractivity contribution in [3.8, 4) is 5.75 Å². The molecular weight excluding hydrogens is 270 g/mol. The third-order valence-electron chi connectivity index (χ3n) is 3.93. The summed E-state index contributed by atoms with van der Waals surface area (Å²) in [6.07, 6.45) is 4.03. The number of hydrogen-bond donors (Lipinski definition) is 3. The maximum atomic E-state index is 12.7. The van der Waals surface area contributed by atoms with E-state index in [4.69, 9.17) is 10.9 Å². The van der Waals surface area contributed by atoms with Crippen LogP contribution < -0.4 is 5.73 Å². The Kier molecular flexibility index (Phi) is 4.67. The molecule has 1 aliphatic rings. The number of aromatic hydroxyl groups is 1. The van der Waals surface area contributed by atoms with Gasteiger partial charge in [-0.25, -0.2) is 0 Å². The number of benzene rings is 1. The fourth-order valence-corrected chi connectivity index (χ4v) is 2.74. The maximum absolute atomic E-state index is 12.7. The van der Waals surface area contributed by atoms with Gasteiger partial charge in [0, 0.05) is 11.6 Å². The van der Waals surface area contributed by atoms with Crippen LogP contribution in [0.4, 0.5) is 0 Å². The molecule has 1 aromatic rings. The molecule has 2 rings (SSSR count). The van der Waals surface area contributed by atoms with Crippen LogP contribution in [0.1, 0.15) is 41.6 Å². The number of phenolic OH excluding ortho intramolecular Hbond substituents is 1. The number of carbonyl (C=O) groups excluding carboxylic acids is 1. The summed E-state index contributed by atoms with van der Waals surface area (Å²) in [4.78, 5) is 14.4. The summed E-state index contributed by atoms with van der Waals surface area (Å²) in [7, 11) is 0. The van der Waals surface area contributed by atoms with E-state index in [0.717, 1.165) is 25.7 Å². The van der Waals surface area contributed by atoms with Crippen molar-refractivity contribution < 1.29 is 15.1 Å². The quantitative estimate of drug-likeness (QED) is 0.341. The molecule has 1 amide bonds. The highest BCUT2D eigenvalue weighted by molar-refractivity contribution is 5.97. The number of aryl methyl sites for hydroxylation is 1. The Hall–Kier alpha value is -2.24. The molecule has 6 heteroatoms. The van der Waals surface area contributed by atoms with E-state index in [1.54, 1.807) is 24.0 Å². The molecule has 0 unspecified atom stereocenters.